The number of ether oxygens (including phenoxy) is 1. The lowest BCUT2D eigenvalue weighted by atomic mass is 10.1. The van der Waals surface area contributed by atoms with Gasteiger partial charge in [0.05, 0.1) is 11.7 Å². The Hall–Kier alpha value is -1.07. The number of hydrogen-bond donors (Lipinski definition) is 2. The molecule has 0 aromatic heterocycles. The van der Waals surface area contributed by atoms with Gasteiger partial charge in [0.1, 0.15) is 5.75 Å². The fourth-order valence-corrected chi connectivity index (χ4v) is 2.61. The molecule has 5 heteroatoms. The predicted octanol–water partition coefficient (Wildman–Crippen LogP) is 2.72. The maximum absolute atomic E-state index is 12.4. The van der Waals surface area contributed by atoms with Crippen molar-refractivity contribution in [1.29, 1.82) is 0 Å². The van der Waals surface area contributed by atoms with Crippen molar-refractivity contribution in [2.24, 2.45) is 0 Å². The van der Waals surface area contributed by atoms with Crippen molar-refractivity contribution >= 4 is 21.8 Å². The Kier molecular flexibility index (Phi) is 5.43. The predicted molar refractivity (Wildman–Crippen MR) is 83.3 cm³/mol. The molecule has 0 bridgehead atoms. The first-order valence-corrected chi connectivity index (χ1v) is 7.83. The summed E-state index contributed by atoms with van der Waals surface area (Å²) in [4.78, 5) is 12.4. The number of amides is 1. The van der Waals surface area contributed by atoms with Crippen molar-refractivity contribution in [2.75, 3.05) is 13.1 Å². The summed E-state index contributed by atoms with van der Waals surface area (Å²) in [5, 5.41) is 6.37. The number of piperidine rings is 1. The van der Waals surface area contributed by atoms with Crippen LogP contribution in [-0.2, 0) is 0 Å². The van der Waals surface area contributed by atoms with Crippen LogP contribution in [0.25, 0.3) is 0 Å². The van der Waals surface area contributed by atoms with Crippen LogP contribution in [0.4, 0.5) is 0 Å². The number of carbonyl (C=O) groups excluding carboxylic acids is 1. The highest BCUT2D eigenvalue weighted by Gasteiger charge is 2.19. The number of benzene rings is 1. The van der Waals surface area contributed by atoms with Gasteiger partial charge in [-0.05, 0) is 51.4 Å². The molecule has 1 aliphatic rings. The molecule has 2 N–H and O–H groups in total. The normalized spacial score (nSPS) is 18.9. The largest absolute Gasteiger partial charge is 0.490 e. The van der Waals surface area contributed by atoms with Crippen molar-refractivity contribution in [3.05, 3.63) is 28.2 Å². The van der Waals surface area contributed by atoms with Gasteiger partial charge in [-0.2, -0.15) is 0 Å². The van der Waals surface area contributed by atoms with Gasteiger partial charge in [0.15, 0.2) is 0 Å². The summed E-state index contributed by atoms with van der Waals surface area (Å²) in [5.74, 6) is 0.553. The van der Waals surface area contributed by atoms with E-state index in [9.17, 15) is 4.79 Å². The van der Waals surface area contributed by atoms with Crippen LogP contribution in [0.3, 0.4) is 0 Å². The van der Waals surface area contributed by atoms with Crippen LogP contribution in [0, 0.1) is 0 Å². The monoisotopic (exact) mass is 340 g/mol. The molecule has 0 aliphatic carbocycles. The molecule has 1 atom stereocenters. The number of halogens is 1. The molecule has 20 heavy (non-hydrogen) atoms. The summed E-state index contributed by atoms with van der Waals surface area (Å²) in [6.07, 6.45) is 2.16. The molecular weight excluding hydrogens is 320 g/mol. The van der Waals surface area contributed by atoms with Gasteiger partial charge in [-0.25, -0.2) is 0 Å². The second kappa shape index (κ2) is 7.09. The Morgan fingerprint density at radius 2 is 2.30 bits per heavy atom. The number of hydrogen-bond acceptors (Lipinski definition) is 3. The molecule has 1 aliphatic heterocycles. The van der Waals surface area contributed by atoms with Crippen molar-refractivity contribution < 1.29 is 9.53 Å². The van der Waals surface area contributed by atoms with E-state index in [4.69, 9.17) is 4.74 Å². The smallest absolute Gasteiger partial charge is 0.255 e. The molecule has 1 amide bonds. The third-order valence-corrected chi connectivity index (χ3v) is 3.68. The van der Waals surface area contributed by atoms with E-state index in [0.29, 0.717) is 11.3 Å². The molecule has 1 aromatic carbocycles. The highest BCUT2D eigenvalue weighted by Crippen LogP contribution is 2.25. The third-order valence-electron chi connectivity index (χ3n) is 3.18. The standard InChI is InChI=1S/C15H21BrN2O2/c1-10(2)20-14-8-11(16)5-6-13(14)15(19)18-12-4-3-7-17-9-12/h5-6,8,10,12,17H,3-4,7,9H2,1-2H3,(H,18,19). The molecule has 2 rings (SSSR count). The number of nitrogens with one attached hydrogen (secondary N) is 2. The topological polar surface area (TPSA) is 50.4 Å². The van der Waals surface area contributed by atoms with E-state index < -0.39 is 0 Å². The average molecular weight is 341 g/mol. The summed E-state index contributed by atoms with van der Waals surface area (Å²) < 4.78 is 6.64. The number of carbonyl (C=O) groups is 1. The summed E-state index contributed by atoms with van der Waals surface area (Å²) in [6.45, 7) is 5.77. The quantitative estimate of drug-likeness (QED) is 0.885. The lowest BCUT2D eigenvalue weighted by molar-refractivity contribution is 0.0925. The molecule has 1 heterocycles. The van der Waals surface area contributed by atoms with Gasteiger partial charge in [0, 0.05) is 17.1 Å². The minimum absolute atomic E-state index is 0.0344. The highest BCUT2D eigenvalue weighted by molar-refractivity contribution is 9.10. The average Bonchev–Trinajstić information content (AvgIpc) is 2.39. The van der Waals surface area contributed by atoms with Gasteiger partial charge in [-0.1, -0.05) is 15.9 Å². The Balaban J connectivity index is 2.11. The fourth-order valence-electron chi connectivity index (χ4n) is 2.27. The zero-order valence-corrected chi connectivity index (χ0v) is 13.5. The second-order valence-electron chi connectivity index (χ2n) is 5.32. The highest BCUT2D eigenvalue weighted by atomic mass is 79.9. The zero-order valence-electron chi connectivity index (χ0n) is 11.9. The van der Waals surface area contributed by atoms with E-state index in [1.54, 1.807) is 6.07 Å². The summed E-state index contributed by atoms with van der Waals surface area (Å²) in [5.41, 5.74) is 0.590. The van der Waals surface area contributed by atoms with Gasteiger partial charge < -0.3 is 15.4 Å². The van der Waals surface area contributed by atoms with E-state index in [1.807, 2.05) is 26.0 Å². The lowest BCUT2D eigenvalue weighted by Crippen LogP contribution is -2.45. The Morgan fingerprint density at radius 1 is 1.50 bits per heavy atom. The second-order valence-corrected chi connectivity index (χ2v) is 6.24. The lowest BCUT2D eigenvalue weighted by Gasteiger charge is -2.24. The van der Waals surface area contributed by atoms with Crippen LogP contribution in [0.2, 0.25) is 0 Å². The molecule has 4 nitrogen and oxygen atoms in total. The molecule has 0 saturated carbocycles. The van der Waals surface area contributed by atoms with Crippen LogP contribution in [0.5, 0.6) is 5.75 Å². The van der Waals surface area contributed by atoms with Crippen LogP contribution in [0.1, 0.15) is 37.0 Å². The van der Waals surface area contributed by atoms with Crippen molar-refractivity contribution in [3.8, 4) is 5.75 Å². The van der Waals surface area contributed by atoms with Crippen LogP contribution < -0.4 is 15.4 Å². The molecule has 1 unspecified atom stereocenters. The molecular formula is C15H21BrN2O2. The minimum Gasteiger partial charge on any atom is -0.490 e. The van der Waals surface area contributed by atoms with E-state index in [-0.39, 0.29) is 18.1 Å². The Labute approximate surface area is 128 Å². The molecule has 0 radical (unpaired) electrons. The Morgan fingerprint density at radius 3 is 2.95 bits per heavy atom. The first kappa shape index (κ1) is 15.3. The summed E-state index contributed by atoms with van der Waals surface area (Å²) in [6, 6.07) is 5.70. The fraction of sp³-hybridized carbons (Fsp3) is 0.533. The van der Waals surface area contributed by atoms with Crippen molar-refractivity contribution in [3.63, 3.8) is 0 Å². The van der Waals surface area contributed by atoms with Crippen LogP contribution >= 0.6 is 15.9 Å². The minimum atomic E-state index is -0.0677. The van der Waals surface area contributed by atoms with Crippen molar-refractivity contribution in [1.82, 2.24) is 10.6 Å². The maximum atomic E-state index is 12.4. The molecule has 1 saturated heterocycles. The first-order valence-electron chi connectivity index (χ1n) is 7.04. The summed E-state index contributed by atoms with van der Waals surface area (Å²) in [7, 11) is 0. The van der Waals surface area contributed by atoms with Crippen LogP contribution in [-0.4, -0.2) is 31.1 Å². The number of rotatable bonds is 4. The van der Waals surface area contributed by atoms with Gasteiger partial charge in [-0.15, -0.1) is 0 Å². The summed E-state index contributed by atoms with van der Waals surface area (Å²) >= 11 is 3.41. The maximum Gasteiger partial charge on any atom is 0.255 e. The molecule has 110 valence electrons. The van der Waals surface area contributed by atoms with Crippen LogP contribution in [0.15, 0.2) is 22.7 Å². The molecule has 1 aromatic rings. The zero-order chi connectivity index (χ0) is 14.5. The SMILES string of the molecule is CC(C)Oc1cc(Br)ccc1C(=O)NC1CCCNC1. The van der Waals surface area contributed by atoms with Crippen molar-refractivity contribution in [2.45, 2.75) is 38.8 Å². The van der Waals surface area contributed by atoms with Gasteiger partial charge in [-0.3, -0.25) is 4.79 Å². The first-order chi connectivity index (χ1) is 9.56. The molecule has 1 fully saturated rings. The van der Waals surface area contributed by atoms with Gasteiger partial charge in [0.2, 0.25) is 0 Å². The molecule has 0 spiro atoms. The van der Waals surface area contributed by atoms with E-state index in [1.165, 1.54) is 0 Å². The van der Waals surface area contributed by atoms with Gasteiger partial charge >= 0.3 is 0 Å². The van der Waals surface area contributed by atoms with E-state index in [2.05, 4.69) is 26.6 Å². The third kappa shape index (κ3) is 4.21. The van der Waals surface area contributed by atoms with Gasteiger partial charge in [0.25, 0.3) is 5.91 Å². The Bertz CT molecular complexity index is 471. The van der Waals surface area contributed by atoms with E-state index in [0.717, 1.165) is 30.4 Å². The van der Waals surface area contributed by atoms with E-state index >= 15 is 0 Å².